The van der Waals surface area contributed by atoms with Crippen LogP contribution in [0.2, 0.25) is 0 Å². The molecule has 0 spiro atoms. The first kappa shape index (κ1) is 30.8. The number of carbonyl (C=O) groups is 1. The molecule has 2 fully saturated rings. The molecule has 6 rings (SSSR count). The van der Waals surface area contributed by atoms with Crippen LogP contribution in [-0.4, -0.2) is 79.8 Å². The number of hydrogen-bond donors (Lipinski definition) is 2. The van der Waals surface area contributed by atoms with Crippen molar-refractivity contribution in [2.24, 2.45) is 18.9 Å². The fourth-order valence-corrected chi connectivity index (χ4v) is 7.67. The van der Waals surface area contributed by atoms with Gasteiger partial charge >= 0.3 is 6.03 Å². The van der Waals surface area contributed by atoms with E-state index in [2.05, 4.69) is 56.9 Å². The third-order valence-corrected chi connectivity index (χ3v) is 9.77. The third kappa shape index (κ3) is 8.06. The molecule has 10 nitrogen and oxygen atoms in total. The van der Waals surface area contributed by atoms with E-state index in [0.29, 0.717) is 17.4 Å². The SMILES string of the molecule is Cn1nnnc1-c1cc(Br)cc(NC(=O)N[C@@H]2CCN(Cc3nccs3)C[C@H]2CN2CCC[C@@H](Cc3ccc(F)cc3)C2)c1. The molecule has 2 saturated heterocycles. The zero-order valence-corrected chi connectivity index (χ0v) is 27.1. The van der Waals surface area contributed by atoms with Crippen LogP contribution in [0.3, 0.4) is 0 Å². The minimum absolute atomic E-state index is 0.0367. The van der Waals surface area contributed by atoms with E-state index in [9.17, 15) is 9.18 Å². The normalized spacial score (nSPS) is 21.3. The van der Waals surface area contributed by atoms with Crippen LogP contribution in [0.5, 0.6) is 0 Å². The van der Waals surface area contributed by atoms with Crippen LogP contribution in [0.15, 0.2) is 58.5 Å². The number of anilines is 1. The van der Waals surface area contributed by atoms with Gasteiger partial charge in [-0.05, 0) is 84.5 Å². The number of nitrogens with zero attached hydrogens (tertiary/aromatic N) is 7. The largest absolute Gasteiger partial charge is 0.335 e. The number of hydrogen-bond acceptors (Lipinski definition) is 8. The second-order valence-corrected chi connectivity index (χ2v) is 13.8. The topological polar surface area (TPSA) is 104 Å². The molecule has 0 saturated carbocycles. The first-order chi connectivity index (χ1) is 21.4. The van der Waals surface area contributed by atoms with Crippen molar-refractivity contribution in [2.45, 2.75) is 38.3 Å². The van der Waals surface area contributed by atoms with Gasteiger partial charge in [0.05, 0.1) is 6.54 Å². The molecule has 2 aromatic carbocycles. The Morgan fingerprint density at radius 3 is 2.75 bits per heavy atom. The van der Waals surface area contributed by atoms with Crippen molar-refractivity contribution in [2.75, 3.05) is 38.0 Å². The second kappa shape index (κ2) is 14.2. The van der Waals surface area contributed by atoms with E-state index >= 15 is 0 Å². The Hall–Kier alpha value is -3.26. The smallest absolute Gasteiger partial charge is 0.319 e. The predicted molar refractivity (Wildman–Crippen MR) is 173 cm³/mol. The van der Waals surface area contributed by atoms with Gasteiger partial charge in [0.25, 0.3) is 0 Å². The average Bonchev–Trinajstić information content (AvgIpc) is 3.67. The van der Waals surface area contributed by atoms with Crippen LogP contribution in [-0.2, 0) is 20.0 Å². The van der Waals surface area contributed by atoms with Gasteiger partial charge in [0.1, 0.15) is 10.8 Å². The monoisotopic (exact) mass is 681 g/mol. The molecule has 4 heterocycles. The van der Waals surface area contributed by atoms with E-state index in [-0.39, 0.29) is 23.8 Å². The maximum atomic E-state index is 13.4. The van der Waals surface area contributed by atoms with Crippen molar-refractivity contribution < 1.29 is 9.18 Å². The van der Waals surface area contributed by atoms with Crippen molar-refractivity contribution >= 4 is 39.0 Å². The molecule has 3 atom stereocenters. The van der Waals surface area contributed by atoms with Crippen LogP contribution in [0.25, 0.3) is 11.4 Å². The molecule has 2 aliphatic rings. The summed E-state index contributed by atoms with van der Waals surface area (Å²) in [7, 11) is 1.78. The standard InChI is InChI=1S/C31H37BrFN9OS/c1-40-30(37-38-39-40)23-14-25(32)16-27(15-23)35-31(43)36-28-8-11-42(20-29-34-9-12-44-29)19-24(28)18-41-10-2-3-22(17-41)13-21-4-6-26(33)7-5-21/h4-7,9,12,14-16,22,24,28H,2-3,8,10-11,13,17-20H2,1H3,(H2,35,36,43)/t22-,24+,28+/m0/s1. The Bertz CT molecular complexity index is 1530. The van der Waals surface area contributed by atoms with E-state index in [0.717, 1.165) is 73.6 Å². The van der Waals surface area contributed by atoms with Gasteiger partial charge in [0.2, 0.25) is 0 Å². The quantitative estimate of drug-likeness (QED) is 0.250. The summed E-state index contributed by atoms with van der Waals surface area (Å²) in [5, 5.41) is 21.2. The molecule has 0 radical (unpaired) electrons. The molecular weight excluding hydrogens is 645 g/mol. The average molecular weight is 683 g/mol. The number of tetrazole rings is 1. The molecule has 2 N–H and O–H groups in total. The summed E-state index contributed by atoms with van der Waals surface area (Å²) in [6.07, 6.45) is 6.01. The lowest BCUT2D eigenvalue weighted by atomic mass is 9.88. The highest BCUT2D eigenvalue weighted by atomic mass is 79.9. The number of aromatic nitrogens is 5. The van der Waals surface area contributed by atoms with Gasteiger partial charge in [-0.1, -0.05) is 28.1 Å². The highest BCUT2D eigenvalue weighted by molar-refractivity contribution is 9.10. The number of thiazole rings is 1. The molecule has 2 aromatic heterocycles. The zero-order valence-electron chi connectivity index (χ0n) is 24.7. The lowest BCUT2D eigenvalue weighted by Crippen LogP contribution is -2.55. The summed E-state index contributed by atoms with van der Waals surface area (Å²) in [6.45, 7) is 5.60. The molecule has 0 aliphatic carbocycles. The van der Waals surface area contributed by atoms with Crippen LogP contribution in [0, 0.1) is 17.7 Å². The number of likely N-dealkylation sites (tertiary alicyclic amines) is 2. The Labute approximate surface area is 269 Å². The zero-order chi connectivity index (χ0) is 30.5. The molecule has 2 aliphatic heterocycles. The lowest BCUT2D eigenvalue weighted by Gasteiger charge is -2.42. The number of benzene rings is 2. The van der Waals surface area contributed by atoms with Gasteiger partial charge in [0.15, 0.2) is 5.82 Å². The molecule has 4 aromatic rings. The summed E-state index contributed by atoms with van der Waals surface area (Å²) in [5.41, 5.74) is 2.65. The highest BCUT2D eigenvalue weighted by Gasteiger charge is 2.33. The summed E-state index contributed by atoms with van der Waals surface area (Å²) >= 11 is 5.24. The number of piperidine rings is 2. The van der Waals surface area contributed by atoms with Crippen LogP contribution < -0.4 is 10.6 Å². The summed E-state index contributed by atoms with van der Waals surface area (Å²) in [6, 6.07) is 12.4. The molecule has 2 amide bonds. The number of rotatable bonds is 9. The Balaban J connectivity index is 1.12. The van der Waals surface area contributed by atoms with Gasteiger partial charge in [-0.25, -0.2) is 18.9 Å². The van der Waals surface area contributed by atoms with E-state index in [4.69, 9.17) is 0 Å². The van der Waals surface area contributed by atoms with Crippen molar-refractivity contribution in [1.82, 2.24) is 40.3 Å². The number of halogens is 2. The maximum Gasteiger partial charge on any atom is 0.319 e. The number of amides is 2. The van der Waals surface area contributed by atoms with Gasteiger partial charge < -0.3 is 15.5 Å². The predicted octanol–water partition coefficient (Wildman–Crippen LogP) is 5.20. The first-order valence-electron chi connectivity index (χ1n) is 15.1. The summed E-state index contributed by atoms with van der Waals surface area (Å²) in [5.74, 6) is 1.22. The number of carbonyl (C=O) groups excluding carboxylic acids is 1. The van der Waals surface area contributed by atoms with E-state index in [1.807, 2.05) is 41.9 Å². The van der Waals surface area contributed by atoms with Crippen molar-refractivity contribution in [3.63, 3.8) is 0 Å². The second-order valence-electron chi connectivity index (χ2n) is 11.9. The fraction of sp³-hybridized carbons (Fsp3) is 0.452. The Kier molecular flexibility index (Phi) is 9.95. The van der Waals surface area contributed by atoms with Gasteiger partial charge in [-0.3, -0.25) is 4.90 Å². The minimum atomic E-state index is -0.221. The number of aryl methyl sites for hydroxylation is 1. The molecule has 13 heteroatoms. The number of urea groups is 1. The Morgan fingerprint density at radius 1 is 1.11 bits per heavy atom. The molecule has 0 bridgehead atoms. The van der Waals surface area contributed by atoms with Gasteiger partial charge in [-0.15, -0.1) is 16.4 Å². The van der Waals surface area contributed by atoms with E-state index in [1.54, 1.807) is 35.2 Å². The molecule has 0 unspecified atom stereocenters. The van der Waals surface area contributed by atoms with Gasteiger partial charge in [0, 0.05) is 72.5 Å². The lowest BCUT2D eigenvalue weighted by molar-refractivity contribution is 0.0818. The van der Waals surface area contributed by atoms with E-state index in [1.165, 1.54) is 12.0 Å². The van der Waals surface area contributed by atoms with Crippen LogP contribution >= 0.6 is 27.3 Å². The third-order valence-electron chi connectivity index (χ3n) is 8.54. The maximum absolute atomic E-state index is 13.4. The van der Waals surface area contributed by atoms with Crippen LogP contribution in [0.4, 0.5) is 14.9 Å². The van der Waals surface area contributed by atoms with E-state index < -0.39 is 0 Å². The van der Waals surface area contributed by atoms with Crippen molar-refractivity contribution in [3.05, 3.63) is 74.9 Å². The molecular formula is C31H37BrFN9OS. The number of nitrogens with one attached hydrogen (secondary N) is 2. The van der Waals surface area contributed by atoms with Crippen LogP contribution in [0.1, 0.15) is 29.8 Å². The fourth-order valence-electron chi connectivity index (χ4n) is 6.52. The van der Waals surface area contributed by atoms with Crippen molar-refractivity contribution in [1.29, 1.82) is 0 Å². The highest BCUT2D eigenvalue weighted by Crippen LogP contribution is 2.28. The van der Waals surface area contributed by atoms with Gasteiger partial charge in [-0.2, -0.15) is 0 Å². The first-order valence-corrected chi connectivity index (χ1v) is 16.7. The summed E-state index contributed by atoms with van der Waals surface area (Å²) in [4.78, 5) is 22.9. The summed E-state index contributed by atoms with van der Waals surface area (Å²) < 4.78 is 15.9. The molecule has 232 valence electrons. The Morgan fingerprint density at radius 2 is 1.98 bits per heavy atom. The van der Waals surface area contributed by atoms with Crippen molar-refractivity contribution in [3.8, 4) is 11.4 Å². The molecule has 44 heavy (non-hydrogen) atoms. The minimum Gasteiger partial charge on any atom is -0.335 e.